The molecule has 0 unspecified atom stereocenters. The Hall–Kier alpha value is -0.990. The van der Waals surface area contributed by atoms with E-state index >= 15 is 0 Å². The fraction of sp³-hybridized carbons (Fsp3) is 0.133. The van der Waals surface area contributed by atoms with Gasteiger partial charge < -0.3 is 4.74 Å². The molecule has 25 heavy (non-hydrogen) atoms. The number of nitrogens with zero attached hydrogens (tertiary/aromatic N) is 1. The largest absolute Gasteiger partial charge is 0.468 e. The molecule has 0 amide bonds. The Bertz CT molecular complexity index is 904. The summed E-state index contributed by atoms with van der Waals surface area (Å²) >= 11 is 21.2. The molecule has 2 rings (SSSR count). The van der Waals surface area contributed by atoms with E-state index < -0.39 is 22.5 Å². The van der Waals surface area contributed by atoms with Crippen LogP contribution in [-0.2, 0) is 19.6 Å². The molecule has 0 radical (unpaired) electrons. The van der Waals surface area contributed by atoms with Crippen LogP contribution in [0.5, 0.6) is 0 Å². The number of ether oxygens (including phenoxy) is 1. The minimum Gasteiger partial charge on any atom is -0.468 e. The van der Waals surface area contributed by atoms with Gasteiger partial charge in [0.2, 0.25) is 0 Å². The molecular formula is C15H11BrCl3NO4S. The monoisotopic (exact) mass is 485 g/mol. The summed E-state index contributed by atoms with van der Waals surface area (Å²) in [6.07, 6.45) is 0. The van der Waals surface area contributed by atoms with E-state index in [9.17, 15) is 13.2 Å². The van der Waals surface area contributed by atoms with Gasteiger partial charge in [0.1, 0.15) is 6.54 Å². The number of hydrogen-bond acceptors (Lipinski definition) is 4. The molecule has 0 aliphatic heterocycles. The number of rotatable bonds is 5. The molecule has 5 nitrogen and oxygen atoms in total. The number of methoxy groups -OCH3 is 1. The van der Waals surface area contributed by atoms with Crippen LogP contribution in [-0.4, -0.2) is 28.0 Å². The van der Waals surface area contributed by atoms with E-state index in [1.807, 2.05) is 0 Å². The summed E-state index contributed by atoms with van der Waals surface area (Å²) in [5.41, 5.74) is 0.0179. The molecule has 0 bridgehead atoms. The zero-order chi connectivity index (χ0) is 18.8. The lowest BCUT2D eigenvalue weighted by Gasteiger charge is -2.24. The Kier molecular flexibility index (Phi) is 6.62. The van der Waals surface area contributed by atoms with Gasteiger partial charge in [-0.05, 0) is 36.4 Å². The molecular weight excluding hydrogens is 476 g/mol. The predicted molar refractivity (Wildman–Crippen MR) is 102 cm³/mol. The van der Waals surface area contributed by atoms with Crippen molar-refractivity contribution in [2.24, 2.45) is 0 Å². The lowest BCUT2D eigenvalue weighted by Crippen LogP contribution is -2.36. The molecule has 0 fully saturated rings. The van der Waals surface area contributed by atoms with E-state index in [4.69, 9.17) is 34.8 Å². The van der Waals surface area contributed by atoms with Crippen LogP contribution in [0.4, 0.5) is 5.69 Å². The highest BCUT2D eigenvalue weighted by atomic mass is 79.9. The molecule has 0 atom stereocenters. The predicted octanol–water partition coefficient (Wildman–Crippen LogP) is 4.78. The summed E-state index contributed by atoms with van der Waals surface area (Å²) in [7, 11) is -2.95. The summed E-state index contributed by atoms with van der Waals surface area (Å²) in [6, 6.07) is 8.53. The standard InChI is InChI=1S/C15H11BrCl3NO4S/c1-24-15(21)8-20(14-7-12(18)11(17)6-13(14)19)25(22,23)10-4-2-9(16)3-5-10/h2-7H,8H2,1H3. The fourth-order valence-electron chi connectivity index (χ4n) is 1.92. The number of anilines is 1. The van der Waals surface area contributed by atoms with Crippen molar-refractivity contribution in [3.05, 3.63) is 55.9 Å². The van der Waals surface area contributed by atoms with Gasteiger partial charge in [-0.1, -0.05) is 50.7 Å². The first-order valence-electron chi connectivity index (χ1n) is 6.66. The van der Waals surface area contributed by atoms with Gasteiger partial charge in [-0.15, -0.1) is 0 Å². The van der Waals surface area contributed by atoms with E-state index in [0.717, 1.165) is 11.4 Å². The van der Waals surface area contributed by atoms with Gasteiger partial charge in [0.25, 0.3) is 10.0 Å². The van der Waals surface area contributed by atoms with Crippen LogP contribution in [0.2, 0.25) is 15.1 Å². The molecule has 0 aromatic heterocycles. The number of carbonyl (C=O) groups excluding carboxylic acids is 1. The number of carbonyl (C=O) groups is 1. The maximum absolute atomic E-state index is 13.0. The van der Waals surface area contributed by atoms with Gasteiger partial charge in [-0.2, -0.15) is 0 Å². The molecule has 2 aromatic carbocycles. The Morgan fingerprint density at radius 3 is 2.20 bits per heavy atom. The normalized spacial score (nSPS) is 11.2. The number of benzene rings is 2. The SMILES string of the molecule is COC(=O)CN(c1cc(Cl)c(Cl)cc1Cl)S(=O)(=O)c1ccc(Br)cc1. The third-order valence-corrected chi connectivity index (χ3v) is 6.49. The maximum Gasteiger partial charge on any atom is 0.326 e. The summed E-state index contributed by atoms with van der Waals surface area (Å²) in [5.74, 6) is -0.761. The van der Waals surface area contributed by atoms with Crippen LogP contribution < -0.4 is 4.31 Å². The molecule has 134 valence electrons. The second-order valence-corrected chi connectivity index (χ2v) is 8.76. The highest BCUT2D eigenvalue weighted by Crippen LogP contribution is 2.37. The van der Waals surface area contributed by atoms with Crippen LogP contribution in [0.1, 0.15) is 0 Å². The van der Waals surface area contributed by atoms with E-state index in [1.54, 1.807) is 12.1 Å². The summed E-state index contributed by atoms with van der Waals surface area (Å²) < 4.78 is 32.1. The van der Waals surface area contributed by atoms with Crippen LogP contribution in [0.3, 0.4) is 0 Å². The van der Waals surface area contributed by atoms with Crippen molar-refractivity contribution in [1.82, 2.24) is 0 Å². The summed E-state index contributed by atoms with van der Waals surface area (Å²) in [4.78, 5) is 11.7. The Morgan fingerprint density at radius 1 is 1.08 bits per heavy atom. The van der Waals surface area contributed by atoms with Gasteiger partial charge in [-0.3, -0.25) is 9.10 Å². The average molecular weight is 488 g/mol. The van der Waals surface area contributed by atoms with E-state index in [-0.39, 0.29) is 25.7 Å². The van der Waals surface area contributed by atoms with Crippen molar-refractivity contribution < 1.29 is 17.9 Å². The number of hydrogen-bond donors (Lipinski definition) is 0. The highest BCUT2D eigenvalue weighted by Gasteiger charge is 2.29. The quantitative estimate of drug-likeness (QED) is 0.450. The second-order valence-electron chi connectivity index (χ2n) is 4.76. The van der Waals surface area contributed by atoms with Gasteiger partial charge in [0, 0.05) is 4.47 Å². The molecule has 0 aliphatic carbocycles. The number of halogens is 4. The third kappa shape index (κ3) is 4.60. The topological polar surface area (TPSA) is 63.7 Å². The van der Waals surface area contributed by atoms with Crippen LogP contribution in [0, 0.1) is 0 Å². The van der Waals surface area contributed by atoms with E-state index in [2.05, 4.69) is 20.7 Å². The second kappa shape index (κ2) is 8.14. The molecule has 0 N–H and O–H groups in total. The van der Waals surface area contributed by atoms with Crippen molar-refractivity contribution >= 4 is 72.4 Å². The van der Waals surface area contributed by atoms with Crippen LogP contribution >= 0.6 is 50.7 Å². The first-order valence-corrected chi connectivity index (χ1v) is 10.0. The molecule has 2 aromatic rings. The molecule has 10 heteroatoms. The zero-order valence-corrected chi connectivity index (χ0v) is 17.3. The summed E-state index contributed by atoms with van der Waals surface area (Å²) in [5, 5.41) is 0.287. The number of sulfonamides is 1. The fourth-order valence-corrected chi connectivity index (χ4v) is 4.30. The minimum absolute atomic E-state index is 0.0179. The molecule has 0 saturated carbocycles. The molecule has 0 aliphatic rings. The molecule has 0 heterocycles. The first kappa shape index (κ1) is 20.3. The van der Waals surface area contributed by atoms with Crippen molar-refractivity contribution in [2.75, 3.05) is 18.0 Å². The van der Waals surface area contributed by atoms with Crippen molar-refractivity contribution in [2.45, 2.75) is 4.90 Å². The molecule has 0 spiro atoms. The Balaban J connectivity index is 2.62. The van der Waals surface area contributed by atoms with Gasteiger partial charge in [-0.25, -0.2) is 8.42 Å². The van der Waals surface area contributed by atoms with E-state index in [1.165, 1.54) is 24.3 Å². The lowest BCUT2D eigenvalue weighted by molar-refractivity contribution is -0.138. The lowest BCUT2D eigenvalue weighted by atomic mass is 10.3. The zero-order valence-electron chi connectivity index (χ0n) is 12.7. The maximum atomic E-state index is 13.0. The van der Waals surface area contributed by atoms with Crippen LogP contribution in [0.25, 0.3) is 0 Å². The van der Waals surface area contributed by atoms with Gasteiger partial charge >= 0.3 is 5.97 Å². The van der Waals surface area contributed by atoms with Crippen molar-refractivity contribution in [3.8, 4) is 0 Å². The van der Waals surface area contributed by atoms with Crippen LogP contribution in [0.15, 0.2) is 45.8 Å². The molecule has 0 saturated heterocycles. The van der Waals surface area contributed by atoms with E-state index in [0.29, 0.717) is 4.47 Å². The smallest absolute Gasteiger partial charge is 0.326 e. The third-order valence-electron chi connectivity index (χ3n) is 3.16. The van der Waals surface area contributed by atoms with Gasteiger partial charge in [0.05, 0.1) is 32.8 Å². The Morgan fingerprint density at radius 2 is 1.64 bits per heavy atom. The Labute approximate surface area is 168 Å². The minimum atomic E-state index is -4.10. The average Bonchev–Trinajstić information content (AvgIpc) is 2.56. The van der Waals surface area contributed by atoms with Gasteiger partial charge in [0.15, 0.2) is 0 Å². The highest BCUT2D eigenvalue weighted by molar-refractivity contribution is 9.10. The van der Waals surface area contributed by atoms with Crippen molar-refractivity contribution in [3.63, 3.8) is 0 Å². The first-order chi connectivity index (χ1) is 11.7. The number of esters is 1. The van der Waals surface area contributed by atoms with Crippen molar-refractivity contribution in [1.29, 1.82) is 0 Å². The summed E-state index contributed by atoms with van der Waals surface area (Å²) in [6.45, 7) is -0.577.